The van der Waals surface area contributed by atoms with E-state index in [1.54, 1.807) is 18.3 Å². The van der Waals surface area contributed by atoms with Crippen molar-refractivity contribution >= 4 is 11.6 Å². The summed E-state index contributed by atoms with van der Waals surface area (Å²) in [5.41, 5.74) is 4.30. The number of hydrogen-bond donors (Lipinski definition) is 2. The fourth-order valence-electron chi connectivity index (χ4n) is 3.86. The van der Waals surface area contributed by atoms with Gasteiger partial charge in [-0.2, -0.15) is 0 Å². The molecule has 166 valence electrons. The highest BCUT2D eigenvalue weighted by Crippen LogP contribution is 2.25. The van der Waals surface area contributed by atoms with Crippen LogP contribution in [0.15, 0.2) is 67.1 Å². The minimum Gasteiger partial charge on any atom is -0.378 e. The zero-order valence-corrected chi connectivity index (χ0v) is 18.1. The minimum atomic E-state index is -0.169. The largest absolute Gasteiger partial charge is 0.378 e. The first kappa shape index (κ1) is 20.8. The quantitative estimate of drug-likeness (QED) is 0.474. The van der Waals surface area contributed by atoms with E-state index in [0.29, 0.717) is 36.8 Å². The van der Waals surface area contributed by atoms with Gasteiger partial charge in [0.25, 0.3) is 5.91 Å². The normalized spacial score (nSPS) is 15.0. The van der Waals surface area contributed by atoms with Crippen molar-refractivity contribution in [1.29, 1.82) is 0 Å². The monoisotopic (exact) mass is 441 g/mol. The molecule has 0 spiro atoms. The van der Waals surface area contributed by atoms with Gasteiger partial charge in [-0.3, -0.25) is 4.79 Å². The number of carbonyl (C=O) groups is 1. The Morgan fingerprint density at radius 2 is 2.06 bits per heavy atom. The van der Waals surface area contributed by atoms with Crippen molar-refractivity contribution in [2.75, 3.05) is 11.9 Å². The highest BCUT2D eigenvalue weighted by Gasteiger charge is 2.22. The van der Waals surface area contributed by atoms with E-state index in [1.807, 2.05) is 54.1 Å². The third-order valence-electron chi connectivity index (χ3n) is 5.63. The highest BCUT2D eigenvalue weighted by molar-refractivity contribution is 5.95. The summed E-state index contributed by atoms with van der Waals surface area (Å²) in [6.45, 7) is 1.48. The third-order valence-corrected chi connectivity index (χ3v) is 5.63. The van der Waals surface area contributed by atoms with Crippen molar-refractivity contribution in [2.45, 2.75) is 19.2 Å². The molecule has 1 aliphatic rings. The number of amides is 1. The lowest BCUT2D eigenvalue weighted by Gasteiger charge is -2.26. The number of nitrogens with one attached hydrogen (secondary N) is 2. The summed E-state index contributed by atoms with van der Waals surface area (Å²) in [7, 11) is 1.89. The van der Waals surface area contributed by atoms with Crippen LogP contribution in [-0.2, 0) is 24.9 Å². The van der Waals surface area contributed by atoms with Crippen molar-refractivity contribution in [2.24, 2.45) is 7.05 Å². The maximum Gasteiger partial charge on any atom is 0.251 e. The number of hydrogen-bond acceptors (Lipinski definition) is 7. The first-order valence-electron chi connectivity index (χ1n) is 10.6. The van der Waals surface area contributed by atoms with Gasteiger partial charge in [0.1, 0.15) is 12.0 Å². The van der Waals surface area contributed by atoms with E-state index in [0.717, 1.165) is 22.6 Å². The molecule has 5 rings (SSSR count). The first-order chi connectivity index (χ1) is 16.2. The molecule has 2 N–H and O–H groups in total. The second-order valence-electron chi connectivity index (χ2n) is 7.77. The molecule has 1 aliphatic heterocycles. The number of ether oxygens (including phenoxy) is 1. The van der Waals surface area contributed by atoms with Gasteiger partial charge in [0.15, 0.2) is 11.6 Å². The Morgan fingerprint density at radius 3 is 2.94 bits per heavy atom. The zero-order chi connectivity index (χ0) is 22.6. The van der Waals surface area contributed by atoms with Crippen LogP contribution in [-0.4, -0.2) is 37.2 Å². The molecular formula is C24H23N7O2. The molecule has 0 unspecified atom stereocenters. The number of benzene rings is 2. The second kappa shape index (κ2) is 9.17. The number of rotatable bonds is 6. The lowest BCUT2D eigenvalue weighted by Crippen LogP contribution is -2.34. The van der Waals surface area contributed by atoms with Crippen LogP contribution < -0.4 is 10.6 Å². The maximum atomic E-state index is 12.9. The van der Waals surface area contributed by atoms with Gasteiger partial charge in [0, 0.05) is 24.5 Å². The van der Waals surface area contributed by atoms with Crippen LogP contribution in [0.25, 0.3) is 11.5 Å². The Balaban J connectivity index is 1.26. The SMILES string of the molecule is Cn1c(CNc2cccc(C(=O)N[C@H]3COCc4ccccc43)c2)nnc1-c1ccncn1. The van der Waals surface area contributed by atoms with Crippen LogP contribution in [0.2, 0.25) is 0 Å². The second-order valence-corrected chi connectivity index (χ2v) is 7.77. The number of carbonyl (C=O) groups excluding carboxylic acids is 1. The van der Waals surface area contributed by atoms with Gasteiger partial charge in [-0.1, -0.05) is 30.3 Å². The van der Waals surface area contributed by atoms with Crippen molar-refractivity contribution in [1.82, 2.24) is 30.0 Å². The average Bonchev–Trinajstić information content (AvgIpc) is 3.24. The fourth-order valence-corrected chi connectivity index (χ4v) is 3.86. The van der Waals surface area contributed by atoms with Gasteiger partial charge in [0.05, 0.1) is 25.8 Å². The fraction of sp³-hybridized carbons (Fsp3) is 0.208. The first-order valence-corrected chi connectivity index (χ1v) is 10.6. The van der Waals surface area contributed by atoms with Crippen molar-refractivity contribution in [3.63, 3.8) is 0 Å². The van der Waals surface area contributed by atoms with Gasteiger partial charge in [-0.15, -0.1) is 10.2 Å². The Labute approximate surface area is 190 Å². The van der Waals surface area contributed by atoms with E-state index in [4.69, 9.17) is 4.74 Å². The van der Waals surface area contributed by atoms with E-state index in [9.17, 15) is 4.79 Å². The van der Waals surface area contributed by atoms with Crippen LogP contribution in [0, 0.1) is 0 Å². The van der Waals surface area contributed by atoms with Crippen molar-refractivity contribution in [3.8, 4) is 11.5 Å². The maximum absolute atomic E-state index is 12.9. The summed E-state index contributed by atoms with van der Waals surface area (Å²) < 4.78 is 7.53. The summed E-state index contributed by atoms with van der Waals surface area (Å²) in [5, 5.41) is 14.9. The predicted octanol–water partition coefficient (Wildman–Crippen LogP) is 2.89. The standard InChI is InChI=1S/C24H23N7O2/c1-31-22(29-30-23(31)20-9-10-25-15-27-20)12-26-18-7-4-6-16(11-18)24(32)28-21-14-33-13-17-5-2-3-8-19(17)21/h2-11,15,21,26H,12-14H2,1H3,(H,28,32)/t21-/m0/s1. The van der Waals surface area contributed by atoms with E-state index in [2.05, 4.69) is 30.8 Å². The van der Waals surface area contributed by atoms with Gasteiger partial charge < -0.3 is 19.9 Å². The summed E-state index contributed by atoms with van der Waals surface area (Å²) in [4.78, 5) is 21.1. The molecule has 2 aromatic carbocycles. The molecule has 2 aromatic heterocycles. The molecule has 0 saturated carbocycles. The number of anilines is 1. The van der Waals surface area contributed by atoms with Gasteiger partial charge in [0.2, 0.25) is 0 Å². The van der Waals surface area contributed by atoms with Crippen LogP contribution in [0.3, 0.4) is 0 Å². The van der Waals surface area contributed by atoms with Gasteiger partial charge in [-0.25, -0.2) is 9.97 Å². The molecule has 9 heteroatoms. The van der Waals surface area contributed by atoms with E-state index in [-0.39, 0.29) is 11.9 Å². The predicted molar refractivity (Wildman–Crippen MR) is 122 cm³/mol. The molecule has 1 atom stereocenters. The Bertz CT molecular complexity index is 1270. The summed E-state index contributed by atoms with van der Waals surface area (Å²) >= 11 is 0. The zero-order valence-electron chi connectivity index (χ0n) is 18.1. The van der Waals surface area contributed by atoms with Gasteiger partial charge >= 0.3 is 0 Å². The molecule has 33 heavy (non-hydrogen) atoms. The average molecular weight is 441 g/mol. The molecule has 0 saturated heterocycles. The van der Waals surface area contributed by atoms with E-state index >= 15 is 0 Å². The molecule has 3 heterocycles. The minimum absolute atomic E-state index is 0.145. The van der Waals surface area contributed by atoms with Gasteiger partial charge in [-0.05, 0) is 35.4 Å². The molecule has 4 aromatic rings. The molecule has 1 amide bonds. The topological polar surface area (TPSA) is 107 Å². The summed E-state index contributed by atoms with van der Waals surface area (Å²) in [6, 6.07) is 17.0. The highest BCUT2D eigenvalue weighted by atomic mass is 16.5. The molecule has 9 nitrogen and oxygen atoms in total. The van der Waals surface area contributed by atoms with E-state index in [1.165, 1.54) is 6.33 Å². The third kappa shape index (κ3) is 4.44. The number of nitrogens with zero attached hydrogens (tertiary/aromatic N) is 5. The van der Waals surface area contributed by atoms with Crippen molar-refractivity contribution < 1.29 is 9.53 Å². The molecule has 0 fully saturated rings. The smallest absolute Gasteiger partial charge is 0.251 e. The van der Waals surface area contributed by atoms with Crippen LogP contribution in [0.4, 0.5) is 5.69 Å². The lowest BCUT2D eigenvalue weighted by molar-refractivity contribution is 0.0708. The summed E-state index contributed by atoms with van der Waals surface area (Å²) in [5.74, 6) is 1.26. The van der Waals surface area contributed by atoms with Crippen LogP contribution in [0.1, 0.15) is 33.4 Å². The van der Waals surface area contributed by atoms with E-state index < -0.39 is 0 Å². The number of aromatic nitrogens is 5. The Hall–Kier alpha value is -4.11. The van der Waals surface area contributed by atoms with Crippen molar-refractivity contribution in [3.05, 3.63) is 89.6 Å². The summed E-state index contributed by atoms with van der Waals surface area (Å²) in [6.07, 6.45) is 3.15. The molecule has 0 aliphatic carbocycles. The Morgan fingerprint density at radius 1 is 1.15 bits per heavy atom. The molecule has 0 radical (unpaired) electrons. The number of fused-ring (bicyclic) bond motifs is 1. The van der Waals surface area contributed by atoms with Crippen LogP contribution in [0.5, 0.6) is 0 Å². The molecular weight excluding hydrogens is 418 g/mol. The van der Waals surface area contributed by atoms with Crippen LogP contribution >= 0.6 is 0 Å². The Kier molecular flexibility index (Phi) is 5.77. The lowest BCUT2D eigenvalue weighted by atomic mass is 9.99. The molecule has 0 bridgehead atoms.